The van der Waals surface area contributed by atoms with Gasteiger partial charge in [-0.25, -0.2) is 0 Å². The third kappa shape index (κ3) is 4.30. The molecule has 0 heterocycles. The Morgan fingerprint density at radius 1 is 1.29 bits per heavy atom. The lowest BCUT2D eigenvalue weighted by Crippen LogP contribution is -2.21. The average molecular weight is 301 g/mol. The van der Waals surface area contributed by atoms with E-state index in [0.29, 0.717) is 6.54 Å². The van der Waals surface area contributed by atoms with Gasteiger partial charge in [0.1, 0.15) is 0 Å². The lowest BCUT2D eigenvalue weighted by molar-refractivity contribution is 0.283. The summed E-state index contributed by atoms with van der Waals surface area (Å²) >= 11 is 3.53. The number of nitrogens with two attached hydrogens (primary N) is 1. The van der Waals surface area contributed by atoms with E-state index in [1.165, 1.54) is 5.69 Å². The molecule has 0 aliphatic rings. The van der Waals surface area contributed by atoms with E-state index in [1.54, 1.807) is 0 Å². The van der Waals surface area contributed by atoms with E-state index in [1.807, 2.05) is 12.1 Å². The molecule has 0 unspecified atom stereocenters. The summed E-state index contributed by atoms with van der Waals surface area (Å²) in [5.74, 6) is 0. The standard InChI is InChI=1S/C13H21BrN2O/c1-16(8-3-2-4-9-17)13-7-5-6-12(14)11(13)10-15/h5-7,17H,2-4,8-10,15H2,1H3. The highest BCUT2D eigenvalue weighted by atomic mass is 79.9. The quantitative estimate of drug-likeness (QED) is 0.761. The molecule has 1 aromatic rings. The maximum Gasteiger partial charge on any atom is 0.0431 e. The second-order valence-corrected chi connectivity index (χ2v) is 5.00. The first kappa shape index (κ1) is 14.5. The molecule has 0 bridgehead atoms. The van der Waals surface area contributed by atoms with Crippen LogP contribution in [0.25, 0.3) is 0 Å². The van der Waals surface area contributed by atoms with Gasteiger partial charge in [0.2, 0.25) is 0 Å². The van der Waals surface area contributed by atoms with Crippen LogP contribution in [0.2, 0.25) is 0 Å². The van der Waals surface area contributed by atoms with Crippen LogP contribution < -0.4 is 10.6 Å². The number of nitrogens with zero attached hydrogens (tertiary/aromatic N) is 1. The summed E-state index contributed by atoms with van der Waals surface area (Å²) in [4.78, 5) is 2.23. The molecule has 0 saturated heterocycles. The fraction of sp³-hybridized carbons (Fsp3) is 0.538. The zero-order valence-corrected chi connectivity index (χ0v) is 11.9. The van der Waals surface area contributed by atoms with E-state index in [0.717, 1.165) is 35.8 Å². The third-order valence-corrected chi connectivity index (χ3v) is 3.60. The number of hydrogen-bond donors (Lipinski definition) is 2. The van der Waals surface area contributed by atoms with Gasteiger partial charge in [-0.15, -0.1) is 0 Å². The molecule has 3 nitrogen and oxygen atoms in total. The normalized spacial score (nSPS) is 10.6. The van der Waals surface area contributed by atoms with Crippen LogP contribution in [0.3, 0.4) is 0 Å². The summed E-state index contributed by atoms with van der Waals surface area (Å²) in [6.07, 6.45) is 3.04. The Kier molecular flexibility index (Phi) is 6.55. The van der Waals surface area contributed by atoms with E-state index in [4.69, 9.17) is 10.8 Å². The van der Waals surface area contributed by atoms with Crippen LogP contribution >= 0.6 is 15.9 Å². The summed E-state index contributed by atoms with van der Waals surface area (Å²) in [6.45, 7) is 1.82. The highest BCUT2D eigenvalue weighted by Gasteiger charge is 2.08. The molecule has 96 valence electrons. The van der Waals surface area contributed by atoms with Gasteiger partial charge in [0.05, 0.1) is 0 Å². The predicted molar refractivity (Wildman–Crippen MR) is 76.2 cm³/mol. The number of unbranched alkanes of at least 4 members (excludes halogenated alkanes) is 2. The van der Waals surface area contributed by atoms with Crippen molar-refractivity contribution in [3.63, 3.8) is 0 Å². The minimum Gasteiger partial charge on any atom is -0.396 e. The van der Waals surface area contributed by atoms with Crippen molar-refractivity contribution in [2.45, 2.75) is 25.8 Å². The fourth-order valence-corrected chi connectivity index (χ4v) is 2.38. The zero-order chi connectivity index (χ0) is 12.7. The second kappa shape index (κ2) is 7.69. The van der Waals surface area contributed by atoms with E-state index in [-0.39, 0.29) is 6.61 Å². The average Bonchev–Trinajstić information content (AvgIpc) is 2.34. The van der Waals surface area contributed by atoms with Crippen LogP contribution in [0.5, 0.6) is 0 Å². The molecule has 0 fully saturated rings. The van der Waals surface area contributed by atoms with Gasteiger partial charge in [-0.1, -0.05) is 22.0 Å². The van der Waals surface area contributed by atoms with Gasteiger partial charge >= 0.3 is 0 Å². The van der Waals surface area contributed by atoms with Crippen molar-refractivity contribution in [2.24, 2.45) is 5.73 Å². The zero-order valence-electron chi connectivity index (χ0n) is 10.3. The summed E-state index contributed by atoms with van der Waals surface area (Å²) in [5, 5.41) is 8.73. The van der Waals surface area contributed by atoms with Gasteiger partial charge < -0.3 is 15.7 Å². The summed E-state index contributed by atoms with van der Waals surface area (Å²) < 4.78 is 1.07. The van der Waals surface area contributed by atoms with E-state index >= 15 is 0 Å². The smallest absolute Gasteiger partial charge is 0.0431 e. The Balaban J connectivity index is 2.61. The first-order valence-electron chi connectivity index (χ1n) is 6.00. The molecule has 0 aliphatic carbocycles. The Labute approximate surface area is 112 Å². The summed E-state index contributed by atoms with van der Waals surface area (Å²) in [7, 11) is 2.08. The molecule has 0 aliphatic heterocycles. The number of rotatable bonds is 7. The summed E-state index contributed by atoms with van der Waals surface area (Å²) in [5.41, 5.74) is 8.11. The number of halogens is 1. The van der Waals surface area contributed by atoms with Crippen molar-refractivity contribution in [3.05, 3.63) is 28.2 Å². The van der Waals surface area contributed by atoms with Gasteiger partial charge in [-0.3, -0.25) is 0 Å². The minimum absolute atomic E-state index is 0.286. The topological polar surface area (TPSA) is 49.5 Å². The molecule has 0 spiro atoms. The van der Waals surface area contributed by atoms with E-state index < -0.39 is 0 Å². The molecule has 1 aromatic carbocycles. The minimum atomic E-state index is 0.286. The monoisotopic (exact) mass is 300 g/mol. The fourth-order valence-electron chi connectivity index (χ4n) is 1.86. The number of aliphatic hydroxyl groups excluding tert-OH is 1. The van der Waals surface area contributed by atoms with Gasteiger partial charge in [-0.2, -0.15) is 0 Å². The molecule has 3 N–H and O–H groups in total. The molecule has 0 amide bonds. The van der Waals surface area contributed by atoms with Gasteiger partial charge in [0, 0.05) is 42.5 Å². The van der Waals surface area contributed by atoms with E-state index in [2.05, 4.69) is 33.9 Å². The molecule has 0 saturated carbocycles. The highest BCUT2D eigenvalue weighted by Crippen LogP contribution is 2.26. The van der Waals surface area contributed by atoms with Crippen molar-refractivity contribution >= 4 is 21.6 Å². The summed E-state index contributed by atoms with van der Waals surface area (Å²) in [6, 6.07) is 6.15. The molecule has 0 atom stereocenters. The number of hydrogen-bond acceptors (Lipinski definition) is 3. The first-order valence-corrected chi connectivity index (χ1v) is 6.79. The molecular weight excluding hydrogens is 280 g/mol. The second-order valence-electron chi connectivity index (χ2n) is 4.15. The van der Waals surface area contributed by atoms with Gasteiger partial charge in [-0.05, 0) is 31.4 Å². The number of anilines is 1. The Bertz CT molecular complexity index is 344. The first-order chi connectivity index (χ1) is 8.20. The molecular formula is C13H21BrN2O. The number of benzene rings is 1. The van der Waals surface area contributed by atoms with Crippen LogP contribution in [-0.4, -0.2) is 25.3 Å². The molecule has 4 heteroatoms. The van der Waals surface area contributed by atoms with Crippen LogP contribution in [0, 0.1) is 0 Å². The lowest BCUT2D eigenvalue weighted by atomic mass is 10.1. The maximum atomic E-state index is 8.73. The maximum absolute atomic E-state index is 8.73. The lowest BCUT2D eigenvalue weighted by Gasteiger charge is -2.22. The van der Waals surface area contributed by atoms with Crippen molar-refractivity contribution < 1.29 is 5.11 Å². The Hall–Kier alpha value is -0.580. The van der Waals surface area contributed by atoms with Crippen molar-refractivity contribution in [1.82, 2.24) is 0 Å². The SMILES string of the molecule is CN(CCCCCO)c1cccc(Br)c1CN. The van der Waals surface area contributed by atoms with Crippen LogP contribution in [0.15, 0.2) is 22.7 Å². The number of aliphatic hydroxyl groups is 1. The molecule has 1 rings (SSSR count). The third-order valence-electron chi connectivity index (χ3n) is 2.86. The van der Waals surface area contributed by atoms with Crippen LogP contribution in [0.4, 0.5) is 5.69 Å². The Morgan fingerprint density at radius 2 is 2.06 bits per heavy atom. The van der Waals surface area contributed by atoms with Crippen molar-refractivity contribution in [2.75, 3.05) is 25.1 Å². The molecule has 0 radical (unpaired) electrons. The van der Waals surface area contributed by atoms with Gasteiger partial charge in [0.25, 0.3) is 0 Å². The largest absolute Gasteiger partial charge is 0.396 e. The van der Waals surface area contributed by atoms with E-state index in [9.17, 15) is 0 Å². The molecule has 0 aromatic heterocycles. The van der Waals surface area contributed by atoms with Crippen LogP contribution in [0.1, 0.15) is 24.8 Å². The van der Waals surface area contributed by atoms with Crippen molar-refractivity contribution in [3.8, 4) is 0 Å². The van der Waals surface area contributed by atoms with Gasteiger partial charge in [0.15, 0.2) is 0 Å². The van der Waals surface area contributed by atoms with Crippen LogP contribution in [-0.2, 0) is 6.54 Å². The highest BCUT2D eigenvalue weighted by molar-refractivity contribution is 9.10. The predicted octanol–water partition coefficient (Wildman–Crippen LogP) is 2.51. The molecule has 17 heavy (non-hydrogen) atoms. The Morgan fingerprint density at radius 3 is 2.71 bits per heavy atom. The van der Waals surface area contributed by atoms with Crippen molar-refractivity contribution in [1.29, 1.82) is 0 Å².